The molecule has 2 N–H and O–H groups in total. The number of nitrogens with one attached hydrogen (secondary N) is 1. The van der Waals surface area contributed by atoms with Gasteiger partial charge in [0.15, 0.2) is 0 Å². The number of hydrogen-bond donors (Lipinski definition) is 2. The van der Waals surface area contributed by atoms with Gasteiger partial charge >= 0.3 is 0 Å². The van der Waals surface area contributed by atoms with E-state index >= 15 is 0 Å². The Balaban J connectivity index is 1.54. The third-order valence-corrected chi connectivity index (χ3v) is 9.53. The number of nitrogens with zero attached hydrogens (tertiary/aromatic N) is 4. The van der Waals surface area contributed by atoms with Gasteiger partial charge < -0.3 is 19.6 Å². The molecule has 0 amide bonds. The van der Waals surface area contributed by atoms with E-state index in [1.807, 2.05) is 0 Å². The minimum atomic E-state index is -3.94. The fourth-order valence-corrected chi connectivity index (χ4v) is 6.81. The molecule has 0 unspecified atom stereocenters. The number of pyridine rings is 2. The second kappa shape index (κ2) is 7.66. The van der Waals surface area contributed by atoms with E-state index < -0.39 is 28.7 Å². The molecule has 0 bridgehead atoms. The van der Waals surface area contributed by atoms with Gasteiger partial charge in [-0.3, -0.25) is 4.79 Å². The zero-order valence-corrected chi connectivity index (χ0v) is 19.5. The lowest BCUT2D eigenvalue weighted by Gasteiger charge is -2.34. The van der Waals surface area contributed by atoms with E-state index in [-0.39, 0.29) is 23.5 Å². The van der Waals surface area contributed by atoms with E-state index in [1.54, 1.807) is 12.3 Å². The van der Waals surface area contributed by atoms with Gasteiger partial charge in [-0.1, -0.05) is 0 Å². The molecule has 34 heavy (non-hydrogen) atoms. The van der Waals surface area contributed by atoms with Crippen LogP contribution in [0.1, 0.15) is 36.2 Å². The number of anilines is 1. The van der Waals surface area contributed by atoms with Gasteiger partial charge in [0.2, 0.25) is 10.0 Å². The highest BCUT2D eigenvalue weighted by atomic mass is 32.2. The van der Waals surface area contributed by atoms with Gasteiger partial charge in [-0.2, -0.15) is 4.31 Å². The first-order valence-corrected chi connectivity index (χ1v) is 13.1. The molecule has 180 valence electrons. The number of aliphatic hydroxyl groups excluding tert-OH is 1. The summed E-state index contributed by atoms with van der Waals surface area (Å²) in [6.07, 6.45) is 8.34. The Kier molecular flexibility index (Phi) is 4.19. The molecule has 1 spiro atoms. The Morgan fingerprint density at radius 2 is 2.00 bits per heavy atom. The monoisotopic (exact) mass is 486 g/mol. The lowest BCUT2D eigenvalue weighted by Crippen LogP contribution is -2.35. The molecule has 3 fully saturated rings. The predicted octanol–water partition coefficient (Wildman–Crippen LogP) is 2.06. The molecule has 6 rings (SSSR count). The number of aryl methyl sites for hydroxylation is 1. The van der Waals surface area contributed by atoms with Crippen LogP contribution in [0.2, 0.25) is 0 Å². The molecule has 2 aliphatic heterocycles. The topological polar surface area (TPSA) is 112 Å². The van der Waals surface area contributed by atoms with Gasteiger partial charge in [-0.05, 0) is 49.7 Å². The molecule has 0 radical (unpaired) electrons. The zero-order valence-electron chi connectivity index (χ0n) is 21.7. The summed E-state index contributed by atoms with van der Waals surface area (Å²) >= 11 is 0. The maximum Gasteiger partial charge on any atom is 0.274 e. The molecule has 1 aliphatic carbocycles. The Morgan fingerprint density at radius 3 is 2.68 bits per heavy atom. The van der Waals surface area contributed by atoms with Crippen molar-refractivity contribution in [2.45, 2.75) is 43.1 Å². The number of sulfonamides is 1. The van der Waals surface area contributed by atoms with Crippen molar-refractivity contribution in [3.05, 3.63) is 41.1 Å². The fourth-order valence-electron chi connectivity index (χ4n) is 5.34. The smallest absolute Gasteiger partial charge is 0.274 e. The second-order valence-electron chi connectivity index (χ2n) is 9.82. The van der Waals surface area contributed by atoms with E-state index in [4.69, 9.17) is 4.11 Å². The Bertz CT molecular complexity index is 1530. The SMILES string of the molecule is [2H]C([2H])([2H])n1cc(-c2cc(S(=O)(=O)N3CC[C@@H](O)C3)cnc2N2CCC3(CC2)CC3)c2cc[nH]c2c1=O. The first kappa shape index (κ1) is 18.6. The number of aromatic amines is 1. The van der Waals surface area contributed by atoms with Crippen molar-refractivity contribution in [1.29, 1.82) is 0 Å². The van der Waals surface area contributed by atoms with E-state index in [1.165, 1.54) is 35.6 Å². The van der Waals surface area contributed by atoms with Crippen LogP contribution in [-0.2, 0) is 17.0 Å². The van der Waals surface area contributed by atoms with Crippen molar-refractivity contribution >= 4 is 26.7 Å². The number of β-amino-alcohol motifs (C(OH)–C–C–N with tert-alkyl or cyclic N) is 1. The zero-order chi connectivity index (χ0) is 26.2. The molecule has 2 saturated heterocycles. The Hall–Kier alpha value is -2.69. The summed E-state index contributed by atoms with van der Waals surface area (Å²) in [6.45, 7) is -0.975. The fraction of sp³-hybridized carbons (Fsp3) is 0.500. The predicted molar refractivity (Wildman–Crippen MR) is 129 cm³/mol. The summed E-state index contributed by atoms with van der Waals surface area (Å²) < 4.78 is 52.6. The minimum Gasteiger partial charge on any atom is -0.392 e. The van der Waals surface area contributed by atoms with Crippen LogP contribution < -0.4 is 10.5 Å². The van der Waals surface area contributed by atoms with Crippen LogP contribution in [0.15, 0.2) is 40.4 Å². The van der Waals surface area contributed by atoms with Crippen molar-refractivity contribution in [2.75, 3.05) is 31.1 Å². The van der Waals surface area contributed by atoms with E-state index in [0.29, 0.717) is 38.7 Å². The summed E-state index contributed by atoms with van der Waals surface area (Å²) in [6, 6.07) is 3.22. The van der Waals surface area contributed by atoms with Crippen LogP contribution >= 0.6 is 0 Å². The largest absolute Gasteiger partial charge is 0.392 e. The quantitative estimate of drug-likeness (QED) is 0.584. The van der Waals surface area contributed by atoms with Gasteiger partial charge in [0.05, 0.1) is 6.10 Å². The molecule has 10 heteroatoms. The summed E-state index contributed by atoms with van der Waals surface area (Å²) in [7, 11) is -3.94. The molecule has 9 nitrogen and oxygen atoms in total. The number of hydrogen-bond acceptors (Lipinski definition) is 6. The van der Waals surface area contributed by atoms with Crippen LogP contribution in [0.5, 0.6) is 0 Å². The van der Waals surface area contributed by atoms with Crippen molar-refractivity contribution in [3.63, 3.8) is 0 Å². The normalized spacial score (nSPS) is 24.3. The molecule has 3 aromatic heterocycles. The number of H-pyrrole nitrogens is 1. The summed E-state index contributed by atoms with van der Waals surface area (Å²) in [5.74, 6) is 0.564. The highest BCUT2D eigenvalue weighted by Gasteiger charge is 2.45. The molecule has 1 saturated carbocycles. The number of fused-ring (bicyclic) bond motifs is 1. The van der Waals surface area contributed by atoms with Crippen molar-refractivity contribution in [1.82, 2.24) is 18.8 Å². The molecule has 0 aromatic carbocycles. The van der Waals surface area contributed by atoms with E-state index in [2.05, 4.69) is 14.9 Å². The van der Waals surface area contributed by atoms with Crippen LogP contribution in [0, 0.1) is 5.41 Å². The average molecular weight is 487 g/mol. The van der Waals surface area contributed by atoms with Crippen LogP contribution in [0.4, 0.5) is 5.82 Å². The van der Waals surface area contributed by atoms with Crippen LogP contribution in [-0.4, -0.2) is 64.6 Å². The summed E-state index contributed by atoms with van der Waals surface area (Å²) in [5.41, 5.74) is 0.738. The van der Waals surface area contributed by atoms with Gasteiger partial charge in [-0.15, -0.1) is 0 Å². The molecular weight excluding hydrogens is 454 g/mol. The number of piperidine rings is 1. The first-order chi connectivity index (χ1) is 17.5. The van der Waals surface area contributed by atoms with Crippen molar-refractivity contribution in [3.8, 4) is 11.1 Å². The van der Waals surface area contributed by atoms with Crippen molar-refractivity contribution in [2.24, 2.45) is 12.4 Å². The minimum absolute atomic E-state index is 0.0135. The molecule has 1 atom stereocenters. The van der Waals surface area contributed by atoms with E-state index in [9.17, 15) is 18.3 Å². The number of aliphatic hydroxyl groups is 1. The molecule has 3 aliphatic rings. The van der Waals surface area contributed by atoms with Crippen LogP contribution in [0.25, 0.3) is 22.0 Å². The lowest BCUT2D eigenvalue weighted by atomic mass is 9.93. The maximum atomic E-state index is 13.4. The Morgan fingerprint density at radius 1 is 1.21 bits per heavy atom. The van der Waals surface area contributed by atoms with Gasteiger partial charge in [0.1, 0.15) is 16.2 Å². The first-order valence-electron chi connectivity index (χ1n) is 13.2. The standard InChI is InChI=1S/C24H29N5O4S/c1-27-15-20(18-2-8-25-21(18)23(27)31)19-12-17(34(32,33)29-9-3-16(30)14-29)13-26-22(19)28-10-6-24(4-5-24)7-11-28/h2,8,12-13,15-16,25,30H,3-7,9-11,14H2,1H3/t16-/m1/s1/i1D3. The average Bonchev–Trinajstić information content (AvgIpc) is 3.21. The van der Waals surface area contributed by atoms with Gasteiger partial charge in [-0.25, -0.2) is 13.4 Å². The highest BCUT2D eigenvalue weighted by molar-refractivity contribution is 7.89. The molecule has 5 heterocycles. The third-order valence-electron chi connectivity index (χ3n) is 7.70. The van der Waals surface area contributed by atoms with Gasteiger partial charge in [0.25, 0.3) is 5.56 Å². The lowest BCUT2D eigenvalue weighted by molar-refractivity contribution is 0.189. The van der Waals surface area contributed by atoms with E-state index in [0.717, 1.165) is 25.9 Å². The van der Waals surface area contributed by atoms with Crippen LogP contribution in [0.3, 0.4) is 0 Å². The summed E-state index contributed by atoms with van der Waals surface area (Å²) in [5, 5.41) is 10.4. The third kappa shape index (κ3) is 3.47. The second-order valence-corrected chi connectivity index (χ2v) is 11.8. The summed E-state index contributed by atoms with van der Waals surface area (Å²) in [4.78, 5) is 22.5. The number of rotatable bonds is 4. The Labute approximate surface area is 202 Å². The van der Waals surface area contributed by atoms with Crippen molar-refractivity contribution < 1.29 is 17.6 Å². The molecule has 3 aromatic rings. The molecular formula is C24H29N5O4S. The maximum absolute atomic E-state index is 13.4. The van der Waals surface area contributed by atoms with Gasteiger partial charge in [0, 0.05) is 72.4 Å². The highest BCUT2D eigenvalue weighted by Crippen LogP contribution is 2.54. The number of aromatic nitrogens is 3.